The number of imidazole rings is 1. The molecule has 0 radical (unpaired) electrons. The van der Waals surface area contributed by atoms with Crippen LogP contribution >= 0.6 is 0 Å². The number of aryl methyl sites for hydroxylation is 1. The first kappa shape index (κ1) is 12.6. The van der Waals surface area contributed by atoms with Crippen LogP contribution in [-0.2, 0) is 13.1 Å². The molecule has 2 aromatic heterocycles. The molecule has 0 fully saturated rings. The van der Waals surface area contributed by atoms with Crippen LogP contribution in [0.25, 0.3) is 11.2 Å². The smallest absolute Gasteiger partial charge is 0.324 e. The fraction of sp³-hybridized carbons (Fsp3) is 0.545. The first-order valence-electron chi connectivity index (χ1n) is 5.80. The number of H-pyrrole nitrogens is 1. The Kier molecular flexibility index (Phi) is 2.86. The van der Waals surface area contributed by atoms with Crippen LogP contribution in [0.4, 0.5) is 0 Å². The molecule has 0 atom stereocenters. The molecular weight excluding hydrogens is 234 g/mol. The van der Waals surface area contributed by atoms with E-state index in [1.807, 2.05) is 20.8 Å². The third-order valence-corrected chi connectivity index (χ3v) is 2.65. The van der Waals surface area contributed by atoms with Gasteiger partial charge in [-0.15, -0.1) is 0 Å². The van der Waals surface area contributed by atoms with Crippen LogP contribution in [0.1, 0.15) is 20.8 Å². The molecule has 0 aliphatic rings. The Bertz CT molecular complexity index is 686. The van der Waals surface area contributed by atoms with Gasteiger partial charge in [-0.1, -0.05) is 0 Å². The summed E-state index contributed by atoms with van der Waals surface area (Å²) >= 11 is 0. The number of nitrogens with two attached hydrogens (primary N) is 1. The minimum absolute atomic E-state index is 0.384. The lowest BCUT2D eigenvalue weighted by Gasteiger charge is -2.19. The Balaban J connectivity index is 2.74. The quantitative estimate of drug-likeness (QED) is 0.778. The molecule has 0 spiro atoms. The maximum Gasteiger partial charge on any atom is 0.330 e. The average molecular weight is 251 g/mol. The molecule has 0 aliphatic carbocycles. The van der Waals surface area contributed by atoms with E-state index in [2.05, 4.69) is 9.97 Å². The molecule has 2 aromatic rings. The highest BCUT2D eigenvalue weighted by Crippen LogP contribution is 2.09. The molecule has 0 unspecified atom stereocenters. The van der Waals surface area contributed by atoms with Gasteiger partial charge in [-0.05, 0) is 20.8 Å². The third-order valence-electron chi connectivity index (χ3n) is 2.65. The molecule has 0 saturated heterocycles. The van der Waals surface area contributed by atoms with Crippen LogP contribution in [0, 0.1) is 0 Å². The molecule has 18 heavy (non-hydrogen) atoms. The van der Waals surface area contributed by atoms with Gasteiger partial charge < -0.3 is 10.3 Å². The number of rotatable bonds is 3. The van der Waals surface area contributed by atoms with Crippen molar-refractivity contribution in [2.45, 2.75) is 39.4 Å². The second-order valence-corrected chi connectivity index (χ2v) is 5.04. The van der Waals surface area contributed by atoms with Crippen molar-refractivity contribution in [1.29, 1.82) is 0 Å². The summed E-state index contributed by atoms with van der Waals surface area (Å²) in [6.45, 7) is 6.46. The van der Waals surface area contributed by atoms with Gasteiger partial charge in [-0.3, -0.25) is 14.3 Å². The summed E-state index contributed by atoms with van der Waals surface area (Å²) in [5.41, 5.74) is 5.39. The second kappa shape index (κ2) is 4.09. The summed E-state index contributed by atoms with van der Waals surface area (Å²) in [5, 5.41) is 0. The number of hydrogen-bond acceptors (Lipinski definition) is 4. The van der Waals surface area contributed by atoms with Crippen molar-refractivity contribution in [3.63, 3.8) is 0 Å². The van der Waals surface area contributed by atoms with Gasteiger partial charge in [0.1, 0.15) is 0 Å². The van der Waals surface area contributed by atoms with E-state index >= 15 is 0 Å². The van der Waals surface area contributed by atoms with E-state index in [0.29, 0.717) is 24.3 Å². The highest BCUT2D eigenvalue weighted by molar-refractivity contribution is 5.69. The Labute approximate surface area is 103 Å². The van der Waals surface area contributed by atoms with Crippen LogP contribution < -0.4 is 17.0 Å². The monoisotopic (exact) mass is 251 g/mol. The highest BCUT2D eigenvalue weighted by atomic mass is 16.2. The first-order valence-corrected chi connectivity index (χ1v) is 5.80. The lowest BCUT2D eigenvalue weighted by Crippen LogP contribution is -2.38. The predicted octanol–water partition coefficient (Wildman–Crippen LogP) is -0.356. The van der Waals surface area contributed by atoms with Crippen molar-refractivity contribution in [1.82, 2.24) is 19.1 Å². The number of hydrogen-bond donors (Lipinski definition) is 2. The molecule has 7 nitrogen and oxygen atoms in total. The Morgan fingerprint density at radius 1 is 1.44 bits per heavy atom. The maximum absolute atomic E-state index is 11.9. The average Bonchev–Trinajstić information content (AvgIpc) is 2.60. The molecular formula is C11H17N5O2. The van der Waals surface area contributed by atoms with Crippen molar-refractivity contribution in [3.8, 4) is 0 Å². The first-order chi connectivity index (χ1) is 8.33. The molecule has 0 amide bonds. The van der Waals surface area contributed by atoms with Crippen LogP contribution in [0.15, 0.2) is 15.9 Å². The van der Waals surface area contributed by atoms with E-state index in [1.165, 1.54) is 4.57 Å². The summed E-state index contributed by atoms with van der Waals surface area (Å²) in [5.74, 6) is 0. The lowest BCUT2D eigenvalue weighted by molar-refractivity contribution is 0.439. The van der Waals surface area contributed by atoms with Crippen molar-refractivity contribution in [3.05, 3.63) is 27.2 Å². The van der Waals surface area contributed by atoms with Crippen LogP contribution in [0.2, 0.25) is 0 Å². The Morgan fingerprint density at radius 3 is 2.67 bits per heavy atom. The highest BCUT2D eigenvalue weighted by Gasteiger charge is 2.17. The van der Waals surface area contributed by atoms with E-state index in [0.717, 1.165) is 0 Å². The molecule has 0 aromatic carbocycles. The van der Waals surface area contributed by atoms with Gasteiger partial charge in [-0.2, -0.15) is 0 Å². The zero-order chi connectivity index (χ0) is 13.5. The third kappa shape index (κ3) is 2.08. The van der Waals surface area contributed by atoms with E-state index in [-0.39, 0.29) is 0 Å². The number of aromatic nitrogens is 4. The lowest BCUT2D eigenvalue weighted by atomic mass is 10.1. The molecule has 98 valence electrons. The summed E-state index contributed by atoms with van der Waals surface area (Å²) in [6.07, 6.45) is 1.54. The molecule has 0 aliphatic heterocycles. The number of aromatic amines is 1. The minimum Gasteiger partial charge on any atom is -0.324 e. The van der Waals surface area contributed by atoms with Crippen molar-refractivity contribution >= 4 is 11.2 Å². The van der Waals surface area contributed by atoms with Crippen LogP contribution in [-0.4, -0.2) is 24.6 Å². The van der Waals surface area contributed by atoms with Gasteiger partial charge in [0.15, 0.2) is 11.2 Å². The topological polar surface area (TPSA) is 98.7 Å². The number of fused-ring (bicyclic) bond motifs is 1. The number of nitrogens with zero attached hydrogens (tertiary/aromatic N) is 3. The van der Waals surface area contributed by atoms with Gasteiger partial charge in [-0.25, -0.2) is 9.78 Å². The summed E-state index contributed by atoms with van der Waals surface area (Å²) < 4.78 is 3.11. The van der Waals surface area contributed by atoms with E-state index in [9.17, 15) is 9.59 Å². The minimum atomic E-state index is -0.465. The zero-order valence-electron chi connectivity index (χ0n) is 10.7. The van der Waals surface area contributed by atoms with Crippen molar-refractivity contribution in [2.75, 3.05) is 0 Å². The molecule has 3 N–H and O–H groups in total. The van der Waals surface area contributed by atoms with Gasteiger partial charge in [0.05, 0.1) is 6.33 Å². The predicted molar refractivity (Wildman–Crippen MR) is 68.6 cm³/mol. The Morgan fingerprint density at radius 2 is 2.11 bits per heavy atom. The summed E-state index contributed by atoms with van der Waals surface area (Å²) in [6, 6.07) is 0. The molecule has 7 heteroatoms. The normalized spacial score (nSPS) is 12.2. The van der Waals surface area contributed by atoms with Crippen molar-refractivity contribution < 1.29 is 0 Å². The second-order valence-electron chi connectivity index (χ2n) is 5.04. The zero-order valence-corrected chi connectivity index (χ0v) is 10.7. The van der Waals surface area contributed by atoms with Gasteiger partial charge in [0.25, 0.3) is 5.56 Å². The van der Waals surface area contributed by atoms with E-state index in [1.54, 1.807) is 10.9 Å². The molecule has 0 bridgehead atoms. The van der Waals surface area contributed by atoms with E-state index < -0.39 is 16.8 Å². The summed E-state index contributed by atoms with van der Waals surface area (Å²) in [4.78, 5) is 29.9. The fourth-order valence-electron chi connectivity index (χ4n) is 1.97. The molecule has 2 heterocycles. The van der Waals surface area contributed by atoms with E-state index in [4.69, 9.17) is 5.73 Å². The number of nitrogens with one attached hydrogen (secondary N) is 1. The van der Waals surface area contributed by atoms with Gasteiger partial charge >= 0.3 is 5.69 Å². The SMILES string of the molecule is CCn1c(=O)[nH]c(=O)c2c1ncn2CC(C)(C)N. The van der Waals surface area contributed by atoms with Crippen LogP contribution in [0.5, 0.6) is 0 Å². The largest absolute Gasteiger partial charge is 0.330 e. The summed E-state index contributed by atoms with van der Waals surface area (Å²) in [7, 11) is 0. The standard InChI is InChI=1S/C11H17N5O2/c1-4-16-8-7(9(17)14-10(16)18)15(6-13-8)5-11(2,3)12/h6H,4-5,12H2,1-3H3,(H,14,17,18). The Hall–Kier alpha value is -1.89. The molecule has 2 rings (SSSR count). The molecule has 0 saturated carbocycles. The van der Waals surface area contributed by atoms with Crippen molar-refractivity contribution in [2.24, 2.45) is 5.73 Å². The maximum atomic E-state index is 11.9. The fourth-order valence-corrected chi connectivity index (χ4v) is 1.97. The van der Waals surface area contributed by atoms with Crippen LogP contribution in [0.3, 0.4) is 0 Å². The van der Waals surface area contributed by atoms with Gasteiger partial charge in [0.2, 0.25) is 0 Å². The van der Waals surface area contributed by atoms with Gasteiger partial charge in [0, 0.05) is 18.6 Å².